The third-order valence-corrected chi connectivity index (χ3v) is 3.12. The van der Waals surface area contributed by atoms with Crippen molar-refractivity contribution in [2.24, 2.45) is 5.92 Å². The van der Waals surface area contributed by atoms with E-state index < -0.39 is 5.60 Å². The molecule has 1 heteroatoms. The zero-order valence-electron chi connectivity index (χ0n) is 8.34. The summed E-state index contributed by atoms with van der Waals surface area (Å²) in [5.74, 6) is 0.400. The van der Waals surface area contributed by atoms with Crippen LogP contribution in [0.3, 0.4) is 0 Å². The van der Waals surface area contributed by atoms with Crippen LogP contribution in [0.5, 0.6) is 0 Å². The monoisotopic (exact) mass is 180 g/mol. The molecule has 2 atom stereocenters. The minimum Gasteiger partial charge on any atom is -0.389 e. The Hall–Kier alpha value is -0.560. The molecule has 0 aromatic heterocycles. The maximum absolute atomic E-state index is 10.3. The fourth-order valence-electron chi connectivity index (χ4n) is 2.35. The van der Waals surface area contributed by atoms with Gasteiger partial charge in [-0.1, -0.05) is 25.0 Å². The van der Waals surface area contributed by atoms with E-state index in [4.69, 9.17) is 0 Å². The Bertz CT molecular complexity index is 186. The summed E-state index contributed by atoms with van der Waals surface area (Å²) in [6.45, 7) is 7.45. The van der Waals surface area contributed by atoms with Crippen LogP contribution in [0.4, 0.5) is 0 Å². The number of hydrogen-bond donors (Lipinski definition) is 1. The van der Waals surface area contributed by atoms with Gasteiger partial charge in [0, 0.05) is 0 Å². The lowest BCUT2D eigenvalue weighted by Gasteiger charge is -2.39. The van der Waals surface area contributed by atoms with Gasteiger partial charge in [0.25, 0.3) is 0 Å². The van der Waals surface area contributed by atoms with E-state index in [1.54, 1.807) is 0 Å². The number of aliphatic hydroxyl groups is 1. The minimum absolute atomic E-state index is 0.400. The predicted octanol–water partition coefficient (Wildman–Crippen LogP) is 3.06. The molecule has 13 heavy (non-hydrogen) atoms. The highest BCUT2D eigenvalue weighted by molar-refractivity contribution is 4.96. The molecule has 0 radical (unpaired) electrons. The van der Waals surface area contributed by atoms with Gasteiger partial charge in [0.05, 0.1) is 5.60 Å². The van der Waals surface area contributed by atoms with Crippen molar-refractivity contribution < 1.29 is 5.11 Å². The second-order valence-corrected chi connectivity index (χ2v) is 4.06. The van der Waals surface area contributed by atoms with E-state index >= 15 is 0 Å². The van der Waals surface area contributed by atoms with Crippen molar-refractivity contribution in [2.45, 2.75) is 44.1 Å². The largest absolute Gasteiger partial charge is 0.389 e. The minimum atomic E-state index is -0.492. The molecule has 1 rings (SSSR count). The summed E-state index contributed by atoms with van der Waals surface area (Å²) in [6.07, 6.45) is 9.88. The highest BCUT2D eigenvalue weighted by Crippen LogP contribution is 2.38. The normalized spacial score (nSPS) is 34.1. The first kappa shape index (κ1) is 10.5. The molecule has 0 aliphatic heterocycles. The highest BCUT2D eigenvalue weighted by atomic mass is 16.3. The van der Waals surface area contributed by atoms with Crippen LogP contribution in [0, 0.1) is 5.92 Å². The summed E-state index contributed by atoms with van der Waals surface area (Å²) in [7, 11) is 0. The molecular formula is C12H20O. The Morgan fingerprint density at radius 2 is 2.08 bits per heavy atom. The van der Waals surface area contributed by atoms with Gasteiger partial charge < -0.3 is 5.11 Å². The van der Waals surface area contributed by atoms with Crippen LogP contribution in [0.2, 0.25) is 0 Å². The zero-order chi connectivity index (χ0) is 9.73. The summed E-state index contributed by atoms with van der Waals surface area (Å²) in [5, 5.41) is 10.3. The lowest BCUT2D eigenvalue weighted by atomic mass is 9.72. The van der Waals surface area contributed by atoms with Gasteiger partial charge >= 0.3 is 0 Å². The summed E-state index contributed by atoms with van der Waals surface area (Å²) in [6, 6.07) is 0. The molecule has 0 spiro atoms. The molecule has 2 unspecified atom stereocenters. The number of allylic oxidation sites excluding steroid dienone is 1. The maximum Gasteiger partial charge on any atom is 0.0712 e. The second-order valence-electron chi connectivity index (χ2n) is 4.06. The molecule has 0 amide bonds. The van der Waals surface area contributed by atoms with Crippen LogP contribution in [-0.2, 0) is 0 Å². The fraction of sp³-hybridized carbons (Fsp3) is 0.667. The Balaban J connectivity index is 2.63. The average molecular weight is 180 g/mol. The molecule has 0 saturated heterocycles. The fourth-order valence-corrected chi connectivity index (χ4v) is 2.35. The van der Waals surface area contributed by atoms with Crippen molar-refractivity contribution in [3.8, 4) is 0 Å². The van der Waals surface area contributed by atoms with Crippen LogP contribution in [0.1, 0.15) is 38.5 Å². The maximum atomic E-state index is 10.3. The molecule has 0 aromatic carbocycles. The van der Waals surface area contributed by atoms with Gasteiger partial charge in [-0.2, -0.15) is 0 Å². The smallest absolute Gasteiger partial charge is 0.0712 e. The third kappa shape index (κ3) is 2.44. The molecule has 1 N–H and O–H groups in total. The van der Waals surface area contributed by atoms with Crippen molar-refractivity contribution >= 4 is 0 Å². The van der Waals surface area contributed by atoms with E-state index in [0.29, 0.717) is 5.92 Å². The van der Waals surface area contributed by atoms with E-state index in [9.17, 15) is 5.11 Å². The first-order valence-electron chi connectivity index (χ1n) is 5.17. The molecule has 0 bridgehead atoms. The number of rotatable bonds is 4. The molecule has 1 aliphatic carbocycles. The van der Waals surface area contributed by atoms with Crippen LogP contribution in [0.15, 0.2) is 25.3 Å². The van der Waals surface area contributed by atoms with Gasteiger partial charge in [0.2, 0.25) is 0 Å². The van der Waals surface area contributed by atoms with Gasteiger partial charge in [-0.05, 0) is 31.6 Å². The highest BCUT2D eigenvalue weighted by Gasteiger charge is 2.36. The topological polar surface area (TPSA) is 20.2 Å². The Morgan fingerprint density at radius 3 is 2.69 bits per heavy atom. The van der Waals surface area contributed by atoms with Crippen LogP contribution >= 0.6 is 0 Å². The van der Waals surface area contributed by atoms with E-state index in [1.807, 2.05) is 12.2 Å². The lowest BCUT2D eigenvalue weighted by molar-refractivity contribution is -0.0443. The molecule has 0 aromatic rings. The number of hydrogen-bond acceptors (Lipinski definition) is 1. The quantitative estimate of drug-likeness (QED) is 0.659. The van der Waals surface area contributed by atoms with Crippen molar-refractivity contribution in [1.82, 2.24) is 0 Å². The van der Waals surface area contributed by atoms with Gasteiger partial charge in [0.1, 0.15) is 0 Å². The summed E-state index contributed by atoms with van der Waals surface area (Å²) < 4.78 is 0. The van der Waals surface area contributed by atoms with E-state index in [1.165, 1.54) is 6.42 Å². The summed E-state index contributed by atoms with van der Waals surface area (Å²) in [4.78, 5) is 0. The molecule has 1 fully saturated rings. The summed E-state index contributed by atoms with van der Waals surface area (Å²) >= 11 is 0. The van der Waals surface area contributed by atoms with E-state index in [2.05, 4.69) is 13.2 Å². The predicted molar refractivity (Wildman–Crippen MR) is 56.5 cm³/mol. The standard InChI is InChI=1S/C12H20O/c1-3-7-11-8-5-6-10-12(11,13)9-4-2/h3-4,11,13H,1-2,5-10H2. The van der Waals surface area contributed by atoms with Crippen LogP contribution in [-0.4, -0.2) is 10.7 Å². The summed E-state index contributed by atoms with van der Waals surface area (Å²) in [5.41, 5.74) is -0.492. The molecule has 1 aliphatic rings. The molecule has 0 heterocycles. The van der Waals surface area contributed by atoms with Crippen molar-refractivity contribution in [3.63, 3.8) is 0 Å². The van der Waals surface area contributed by atoms with Crippen molar-refractivity contribution in [2.75, 3.05) is 0 Å². The van der Waals surface area contributed by atoms with Crippen LogP contribution in [0.25, 0.3) is 0 Å². The van der Waals surface area contributed by atoms with Crippen LogP contribution < -0.4 is 0 Å². The van der Waals surface area contributed by atoms with Gasteiger partial charge in [-0.15, -0.1) is 13.2 Å². The van der Waals surface area contributed by atoms with Gasteiger partial charge in [-0.3, -0.25) is 0 Å². The lowest BCUT2D eigenvalue weighted by Crippen LogP contribution is -2.39. The molecule has 1 saturated carbocycles. The second kappa shape index (κ2) is 4.61. The van der Waals surface area contributed by atoms with Crippen molar-refractivity contribution in [3.05, 3.63) is 25.3 Å². The van der Waals surface area contributed by atoms with Gasteiger partial charge in [-0.25, -0.2) is 0 Å². The average Bonchev–Trinajstić information content (AvgIpc) is 2.10. The molecule has 74 valence electrons. The third-order valence-electron chi connectivity index (χ3n) is 3.12. The first-order chi connectivity index (χ1) is 6.23. The first-order valence-corrected chi connectivity index (χ1v) is 5.17. The Labute approximate surface area is 81.2 Å². The van der Waals surface area contributed by atoms with Gasteiger partial charge in [0.15, 0.2) is 0 Å². The SMILES string of the molecule is C=CCC1CCCCC1(O)CC=C. The van der Waals surface area contributed by atoms with Crippen molar-refractivity contribution in [1.29, 1.82) is 0 Å². The van der Waals surface area contributed by atoms with E-state index in [-0.39, 0.29) is 0 Å². The Kier molecular flexibility index (Phi) is 3.73. The molecular weight excluding hydrogens is 160 g/mol. The molecule has 1 nitrogen and oxygen atoms in total. The van der Waals surface area contributed by atoms with E-state index in [0.717, 1.165) is 32.1 Å². The Morgan fingerprint density at radius 1 is 1.31 bits per heavy atom. The zero-order valence-corrected chi connectivity index (χ0v) is 8.34.